The van der Waals surface area contributed by atoms with Crippen molar-refractivity contribution < 1.29 is 14.6 Å². The smallest absolute Gasteiger partial charge is 0.253 e. The van der Waals surface area contributed by atoms with Crippen molar-refractivity contribution >= 4 is 22.6 Å². The Morgan fingerprint density at radius 1 is 1.16 bits per heavy atom. The molecule has 1 saturated heterocycles. The van der Waals surface area contributed by atoms with Crippen LogP contribution in [0.1, 0.15) is 47.1 Å². The number of pyridine rings is 2. The van der Waals surface area contributed by atoms with Gasteiger partial charge in [-0.05, 0) is 68.3 Å². The number of carbonyl (C=O) groups excluding carboxylic acids is 1. The van der Waals surface area contributed by atoms with Crippen molar-refractivity contribution in [2.75, 3.05) is 31.2 Å². The van der Waals surface area contributed by atoms with Gasteiger partial charge < -0.3 is 29.6 Å². The second-order valence-corrected chi connectivity index (χ2v) is 9.90. The van der Waals surface area contributed by atoms with Crippen LogP contribution in [0.5, 0.6) is 0 Å². The Morgan fingerprint density at radius 2 is 1.95 bits per heavy atom. The van der Waals surface area contributed by atoms with Crippen molar-refractivity contribution in [1.29, 1.82) is 0 Å². The molecule has 0 spiro atoms. The van der Waals surface area contributed by atoms with Gasteiger partial charge in [-0.1, -0.05) is 0 Å². The largest absolute Gasteiger partial charge is 0.392 e. The first-order valence-electron chi connectivity index (χ1n) is 12.9. The third kappa shape index (κ3) is 5.07. The van der Waals surface area contributed by atoms with Gasteiger partial charge in [0.05, 0.1) is 19.8 Å². The van der Waals surface area contributed by atoms with E-state index in [0.717, 1.165) is 40.9 Å². The van der Waals surface area contributed by atoms with Gasteiger partial charge in [-0.3, -0.25) is 9.59 Å². The summed E-state index contributed by atoms with van der Waals surface area (Å²) in [4.78, 5) is 35.6. The van der Waals surface area contributed by atoms with Gasteiger partial charge in [0.25, 0.3) is 11.5 Å². The summed E-state index contributed by atoms with van der Waals surface area (Å²) in [6.07, 6.45) is 3.83. The minimum Gasteiger partial charge on any atom is -0.392 e. The summed E-state index contributed by atoms with van der Waals surface area (Å²) in [5.74, 6) is 0.616. The quantitative estimate of drug-likeness (QED) is 0.347. The number of aromatic amines is 1. The van der Waals surface area contributed by atoms with Crippen molar-refractivity contribution in [2.45, 2.75) is 40.0 Å². The lowest BCUT2D eigenvalue weighted by atomic mass is 10.00. The number of rotatable bonds is 7. The van der Waals surface area contributed by atoms with Crippen LogP contribution in [-0.4, -0.2) is 51.9 Å². The Labute approximate surface area is 221 Å². The molecular weight excluding hydrogens is 482 g/mol. The van der Waals surface area contributed by atoms with E-state index in [2.05, 4.69) is 39.7 Å². The standard InChI is InChI=1S/C29H33N5O4/c1-18(2)34-7-6-23-24(28(36)31-16-25-22(17-35)12-19(3)32-29(25)37)13-21(14-26(23)34)20-4-5-27(30-15-20)33-8-10-38-11-9-33/h4-7,12-15,18,35H,8-11,16-17H2,1-3H3,(H,31,36)(H,32,37). The van der Waals surface area contributed by atoms with Crippen LogP contribution in [0.2, 0.25) is 0 Å². The van der Waals surface area contributed by atoms with E-state index < -0.39 is 0 Å². The Hall–Kier alpha value is -3.95. The zero-order valence-electron chi connectivity index (χ0n) is 22.0. The lowest BCUT2D eigenvalue weighted by molar-refractivity contribution is 0.0952. The molecule has 5 rings (SSSR count). The Bertz CT molecular complexity index is 1510. The first-order chi connectivity index (χ1) is 18.4. The Morgan fingerprint density at radius 3 is 2.63 bits per heavy atom. The topological polar surface area (TPSA) is 112 Å². The maximum Gasteiger partial charge on any atom is 0.253 e. The molecular formula is C29H33N5O4. The Kier molecular flexibility index (Phi) is 7.31. The summed E-state index contributed by atoms with van der Waals surface area (Å²) >= 11 is 0. The SMILES string of the molecule is Cc1cc(CO)c(CNC(=O)c2cc(-c3ccc(N4CCOCC4)nc3)cc3c2ccn3C(C)C)c(=O)[nH]1. The number of H-pyrrole nitrogens is 1. The second-order valence-electron chi connectivity index (χ2n) is 9.90. The lowest BCUT2D eigenvalue weighted by Crippen LogP contribution is -2.36. The van der Waals surface area contributed by atoms with Crippen molar-refractivity contribution in [3.8, 4) is 11.1 Å². The fourth-order valence-electron chi connectivity index (χ4n) is 4.99. The van der Waals surface area contributed by atoms with E-state index in [1.165, 1.54) is 0 Å². The molecule has 3 aromatic heterocycles. The van der Waals surface area contributed by atoms with Crippen molar-refractivity contribution in [1.82, 2.24) is 19.9 Å². The van der Waals surface area contributed by atoms with E-state index in [1.807, 2.05) is 36.7 Å². The fourth-order valence-corrected chi connectivity index (χ4v) is 4.99. The van der Waals surface area contributed by atoms with Gasteiger partial charge in [0.15, 0.2) is 0 Å². The van der Waals surface area contributed by atoms with Crippen LogP contribution in [0, 0.1) is 6.92 Å². The number of nitrogens with one attached hydrogen (secondary N) is 2. The van der Waals surface area contributed by atoms with Gasteiger partial charge >= 0.3 is 0 Å². The number of aliphatic hydroxyl groups excluding tert-OH is 1. The molecule has 1 fully saturated rings. The third-order valence-corrected chi connectivity index (χ3v) is 7.01. The minimum absolute atomic E-state index is 0.0107. The molecule has 3 N–H and O–H groups in total. The van der Waals surface area contributed by atoms with Gasteiger partial charge in [-0.25, -0.2) is 4.98 Å². The third-order valence-electron chi connectivity index (χ3n) is 7.01. The molecule has 0 atom stereocenters. The summed E-state index contributed by atoms with van der Waals surface area (Å²) in [7, 11) is 0. The highest BCUT2D eigenvalue weighted by atomic mass is 16.5. The predicted molar refractivity (Wildman–Crippen MR) is 147 cm³/mol. The Balaban J connectivity index is 1.49. The monoisotopic (exact) mass is 515 g/mol. The highest BCUT2D eigenvalue weighted by Crippen LogP contribution is 2.31. The summed E-state index contributed by atoms with van der Waals surface area (Å²) in [5, 5.41) is 13.5. The number of anilines is 1. The van der Waals surface area contributed by atoms with Crippen LogP contribution in [0.15, 0.2) is 53.6 Å². The van der Waals surface area contributed by atoms with Gasteiger partial charge in [0, 0.05) is 71.4 Å². The van der Waals surface area contributed by atoms with Gasteiger partial charge in [-0.15, -0.1) is 0 Å². The second kappa shape index (κ2) is 10.8. The van der Waals surface area contributed by atoms with E-state index in [0.29, 0.717) is 35.6 Å². The molecule has 38 heavy (non-hydrogen) atoms. The summed E-state index contributed by atoms with van der Waals surface area (Å²) in [5.41, 5.74) is 4.45. The van der Waals surface area contributed by atoms with Crippen LogP contribution in [0.3, 0.4) is 0 Å². The summed E-state index contributed by atoms with van der Waals surface area (Å²) in [6, 6.07) is 11.9. The van der Waals surface area contributed by atoms with E-state index in [1.54, 1.807) is 13.0 Å². The zero-order valence-corrected chi connectivity index (χ0v) is 22.0. The van der Waals surface area contributed by atoms with E-state index in [-0.39, 0.29) is 30.7 Å². The van der Waals surface area contributed by atoms with E-state index in [9.17, 15) is 14.7 Å². The molecule has 4 aromatic rings. The van der Waals surface area contributed by atoms with Crippen LogP contribution in [0.25, 0.3) is 22.0 Å². The number of nitrogens with zero attached hydrogens (tertiary/aromatic N) is 3. The van der Waals surface area contributed by atoms with E-state index in [4.69, 9.17) is 9.72 Å². The maximum absolute atomic E-state index is 13.5. The molecule has 1 aromatic carbocycles. The average Bonchev–Trinajstić information content (AvgIpc) is 3.36. The lowest BCUT2D eigenvalue weighted by Gasteiger charge is -2.27. The number of aryl methyl sites for hydroxylation is 1. The number of aliphatic hydroxyl groups is 1. The first-order valence-corrected chi connectivity index (χ1v) is 12.9. The molecule has 1 aliphatic rings. The molecule has 198 valence electrons. The number of benzene rings is 1. The molecule has 0 aliphatic carbocycles. The number of carbonyl (C=O) groups is 1. The molecule has 9 nitrogen and oxygen atoms in total. The van der Waals surface area contributed by atoms with Gasteiger partial charge in [0.2, 0.25) is 0 Å². The summed E-state index contributed by atoms with van der Waals surface area (Å²) < 4.78 is 7.58. The maximum atomic E-state index is 13.5. The first kappa shape index (κ1) is 25.7. The van der Waals surface area contributed by atoms with Crippen LogP contribution in [0.4, 0.5) is 5.82 Å². The molecule has 4 heterocycles. The van der Waals surface area contributed by atoms with Crippen LogP contribution in [-0.2, 0) is 17.9 Å². The van der Waals surface area contributed by atoms with Crippen LogP contribution < -0.4 is 15.8 Å². The zero-order chi connectivity index (χ0) is 26.8. The molecule has 1 aliphatic heterocycles. The summed E-state index contributed by atoms with van der Waals surface area (Å²) in [6.45, 7) is 8.70. The van der Waals surface area contributed by atoms with Crippen molar-refractivity contribution in [2.24, 2.45) is 0 Å². The highest BCUT2D eigenvalue weighted by Gasteiger charge is 2.18. The number of morpholine rings is 1. The number of fused-ring (bicyclic) bond motifs is 1. The van der Waals surface area contributed by atoms with Crippen molar-refractivity contribution in [3.05, 3.63) is 81.5 Å². The molecule has 9 heteroatoms. The number of hydrogen-bond acceptors (Lipinski definition) is 6. The molecule has 0 unspecified atom stereocenters. The number of ether oxygens (including phenoxy) is 1. The number of hydrogen-bond donors (Lipinski definition) is 3. The molecule has 0 radical (unpaired) electrons. The fraction of sp³-hybridized carbons (Fsp3) is 0.345. The molecule has 0 bridgehead atoms. The predicted octanol–water partition coefficient (Wildman–Crippen LogP) is 3.54. The van der Waals surface area contributed by atoms with E-state index >= 15 is 0 Å². The van der Waals surface area contributed by atoms with Crippen molar-refractivity contribution in [3.63, 3.8) is 0 Å². The molecule has 1 amide bonds. The highest BCUT2D eigenvalue weighted by molar-refractivity contribution is 6.08. The normalized spacial score (nSPS) is 13.9. The minimum atomic E-state index is -0.314. The average molecular weight is 516 g/mol. The number of aromatic nitrogens is 3. The molecule has 0 saturated carbocycles. The number of amides is 1. The van der Waals surface area contributed by atoms with Crippen LogP contribution >= 0.6 is 0 Å². The van der Waals surface area contributed by atoms with Gasteiger partial charge in [0.1, 0.15) is 5.82 Å². The van der Waals surface area contributed by atoms with Gasteiger partial charge in [-0.2, -0.15) is 0 Å².